The van der Waals surface area contributed by atoms with Gasteiger partial charge in [0.1, 0.15) is 6.04 Å². The molecular weight excluding hydrogens is 198 g/mol. The predicted molar refractivity (Wildman–Crippen MR) is 51.0 cm³/mol. The number of esters is 1. The molecule has 2 bridgehead atoms. The zero-order valence-corrected chi connectivity index (χ0v) is 8.66. The van der Waals surface area contributed by atoms with Gasteiger partial charge in [-0.1, -0.05) is 0 Å². The SMILES string of the molecule is CCOC(=O)C(N)C12CC(C(=O)O)(C1)C2. The van der Waals surface area contributed by atoms with Gasteiger partial charge in [0.25, 0.3) is 0 Å². The van der Waals surface area contributed by atoms with Crippen LogP contribution >= 0.6 is 0 Å². The normalized spacial score (nSPS) is 38.5. The third kappa shape index (κ3) is 1.19. The van der Waals surface area contributed by atoms with Crippen LogP contribution in [0.15, 0.2) is 0 Å². The van der Waals surface area contributed by atoms with Gasteiger partial charge in [-0.15, -0.1) is 0 Å². The molecule has 0 aromatic rings. The lowest BCUT2D eigenvalue weighted by atomic mass is 9.33. The monoisotopic (exact) mass is 213 g/mol. The van der Waals surface area contributed by atoms with Crippen molar-refractivity contribution in [2.75, 3.05) is 6.61 Å². The predicted octanol–water partition coefficient (Wildman–Crippen LogP) is 0.132. The number of ether oxygens (including phenoxy) is 1. The molecule has 1 unspecified atom stereocenters. The maximum absolute atomic E-state index is 11.4. The summed E-state index contributed by atoms with van der Waals surface area (Å²) in [5, 5.41) is 8.91. The maximum atomic E-state index is 11.4. The molecule has 3 saturated carbocycles. The molecule has 3 fully saturated rings. The molecule has 0 saturated heterocycles. The number of hydrogen-bond donors (Lipinski definition) is 2. The standard InChI is InChI=1S/C10H15NO4/c1-2-15-7(12)6(11)9-3-10(4-9,5-9)8(13)14/h6H,2-5,11H2,1H3,(H,13,14). The highest BCUT2D eigenvalue weighted by molar-refractivity contribution is 5.83. The van der Waals surface area contributed by atoms with Gasteiger partial charge in [-0.2, -0.15) is 0 Å². The minimum Gasteiger partial charge on any atom is -0.481 e. The second kappa shape index (κ2) is 2.95. The van der Waals surface area contributed by atoms with Crippen molar-refractivity contribution < 1.29 is 19.4 Å². The van der Waals surface area contributed by atoms with E-state index < -0.39 is 23.4 Å². The Hall–Kier alpha value is -1.10. The Kier molecular flexibility index (Phi) is 2.05. The van der Waals surface area contributed by atoms with Crippen molar-refractivity contribution in [3.05, 3.63) is 0 Å². The highest BCUT2D eigenvalue weighted by Crippen LogP contribution is 2.74. The van der Waals surface area contributed by atoms with Crippen molar-refractivity contribution >= 4 is 11.9 Å². The van der Waals surface area contributed by atoms with Crippen molar-refractivity contribution in [3.63, 3.8) is 0 Å². The fourth-order valence-electron chi connectivity index (χ4n) is 2.91. The van der Waals surface area contributed by atoms with E-state index in [1.165, 1.54) is 0 Å². The molecule has 84 valence electrons. The van der Waals surface area contributed by atoms with Crippen LogP contribution in [0.25, 0.3) is 0 Å². The van der Waals surface area contributed by atoms with Gasteiger partial charge in [-0.05, 0) is 31.6 Å². The first-order chi connectivity index (χ1) is 6.96. The number of rotatable bonds is 4. The number of nitrogens with two attached hydrogens (primary N) is 1. The summed E-state index contributed by atoms with van der Waals surface area (Å²) in [5.41, 5.74) is 4.91. The highest BCUT2D eigenvalue weighted by atomic mass is 16.5. The summed E-state index contributed by atoms with van der Waals surface area (Å²) in [6.07, 6.45) is 1.57. The fraction of sp³-hybridized carbons (Fsp3) is 0.800. The first-order valence-electron chi connectivity index (χ1n) is 5.11. The summed E-state index contributed by atoms with van der Waals surface area (Å²) in [6.45, 7) is 2.04. The summed E-state index contributed by atoms with van der Waals surface area (Å²) in [4.78, 5) is 22.2. The molecule has 0 spiro atoms. The van der Waals surface area contributed by atoms with E-state index in [-0.39, 0.29) is 5.41 Å². The van der Waals surface area contributed by atoms with E-state index in [0.717, 1.165) is 0 Å². The Morgan fingerprint density at radius 3 is 2.40 bits per heavy atom. The van der Waals surface area contributed by atoms with Crippen molar-refractivity contribution in [1.82, 2.24) is 0 Å². The quantitative estimate of drug-likeness (QED) is 0.648. The Balaban J connectivity index is 1.95. The number of carboxylic acids is 1. The van der Waals surface area contributed by atoms with Gasteiger partial charge in [0.05, 0.1) is 12.0 Å². The Bertz CT molecular complexity index is 306. The Labute approximate surface area is 87.6 Å². The van der Waals surface area contributed by atoms with Gasteiger partial charge < -0.3 is 15.6 Å². The van der Waals surface area contributed by atoms with Crippen molar-refractivity contribution in [2.45, 2.75) is 32.2 Å². The third-order valence-corrected chi connectivity index (χ3v) is 3.73. The maximum Gasteiger partial charge on any atom is 0.323 e. The molecule has 0 aromatic carbocycles. The second-order valence-corrected chi connectivity index (χ2v) is 4.71. The minimum atomic E-state index is -0.763. The van der Waals surface area contributed by atoms with Crippen LogP contribution in [0, 0.1) is 10.8 Å². The molecule has 3 aliphatic rings. The molecule has 3 N–H and O–H groups in total. The lowest BCUT2D eigenvalue weighted by Crippen LogP contribution is -2.73. The molecule has 1 atom stereocenters. The molecule has 0 radical (unpaired) electrons. The molecule has 0 aromatic heterocycles. The molecule has 3 rings (SSSR count). The molecule has 3 aliphatic carbocycles. The Morgan fingerprint density at radius 1 is 1.47 bits per heavy atom. The highest BCUT2D eigenvalue weighted by Gasteiger charge is 2.74. The van der Waals surface area contributed by atoms with Crippen molar-refractivity contribution in [2.24, 2.45) is 16.6 Å². The summed E-state index contributed by atoms with van der Waals surface area (Å²) in [7, 11) is 0. The largest absolute Gasteiger partial charge is 0.481 e. The fourth-order valence-corrected chi connectivity index (χ4v) is 2.91. The third-order valence-electron chi connectivity index (χ3n) is 3.73. The van der Waals surface area contributed by atoms with Gasteiger partial charge in [-0.25, -0.2) is 0 Å². The molecule has 15 heavy (non-hydrogen) atoms. The minimum absolute atomic E-state index is 0.287. The van der Waals surface area contributed by atoms with Crippen LogP contribution in [0.5, 0.6) is 0 Å². The second-order valence-electron chi connectivity index (χ2n) is 4.71. The summed E-state index contributed by atoms with van der Waals surface area (Å²) in [5.74, 6) is -1.17. The molecule has 0 aliphatic heterocycles. The first kappa shape index (κ1) is 10.4. The number of aliphatic carboxylic acids is 1. The number of hydrogen-bond acceptors (Lipinski definition) is 4. The number of carbonyl (C=O) groups excluding carboxylic acids is 1. The van der Waals surface area contributed by atoms with Gasteiger partial charge in [0.2, 0.25) is 0 Å². The van der Waals surface area contributed by atoms with Crippen LogP contribution in [-0.4, -0.2) is 29.7 Å². The van der Waals surface area contributed by atoms with E-state index >= 15 is 0 Å². The summed E-state index contributed by atoms with van der Waals surface area (Å²) < 4.78 is 4.83. The van der Waals surface area contributed by atoms with Crippen molar-refractivity contribution in [3.8, 4) is 0 Å². The van der Waals surface area contributed by atoms with Gasteiger partial charge in [-0.3, -0.25) is 9.59 Å². The van der Waals surface area contributed by atoms with Crippen LogP contribution in [0.4, 0.5) is 0 Å². The molecule has 0 amide bonds. The Morgan fingerprint density at radius 2 is 2.00 bits per heavy atom. The lowest BCUT2D eigenvalue weighted by molar-refractivity contribution is -0.232. The van der Waals surface area contributed by atoms with Crippen LogP contribution in [-0.2, 0) is 14.3 Å². The van der Waals surface area contributed by atoms with E-state index in [4.69, 9.17) is 15.6 Å². The number of carbonyl (C=O) groups is 2. The smallest absolute Gasteiger partial charge is 0.323 e. The van der Waals surface area contributed by atoms with Crippen LogP contribution in [0.1, 0.15) is 26.2 Å². The zero-order valence-electron chi connectivity index (χ0n) is 8.66. The van der Waals surface area contributed by atoms with E-state index in [1.54, 1.807) is 6.92 Å². The molecular formula is C10H15NO4. The first-order valence-corrected chi connectivity index (χ1v) is 5.11. The van der Waals surface area contributed by atoms with E-state index in [0.29, 0.717) is 25.9 Å². The van der Waals surface area contributed by atoms with Crippen LogP contribution < -0.4 is 5.73 Å². The van der Waals surface area contributed by atoms with E-state index in [1.807, 2.05) is 0 Å². The lowest BCUT2D eigenvalue weighted by Gasteiger charge is -2.69. The van der Waals surface area contributed by atoms with E-state index in [9.17, 15) is 9.59 Å². The molecule has 0 heterocycles. The average Bonchev–Trinajstić information content (AvgIpc) is 1.98. The van der Waals surface area contributed by atoms with E-state index in [2.05, 4.69) is 0 Å². The van der Waals surface area contributed by atoms with Crippen molar-refractivity contribution in [1.29, 1.82) is 0 Å². The van der Waals surface area contributed by atoms with Gasteiger partial charge in [0.15, 0.2) is 0 Å². The van der Waals surface area contributed by atoms with Crippen LogP contribution in [0.2, 0.25) is 0 Å². The zero-order chi connectivity index (χ0) is 11.3. The van der Waals surface area contributed by atoms with Gasteiger partial charge >= 0.3 is 11.9 Å². The van der Waals surface area contributed by atoms with Gasteiger partial charge in [0, 0.05) is 0 Å². The summed E-state index contributed by atoms with van der Waals surface area (Å²) in [6, 6.07) is -0.654. The topological polar surface area (TPSA) is 89.6 Å². The van der Waals surface area contributed by atoms with Crippen LogP contribution in [0.3, 0.4) is 0 Å². The molecule has 5 nitrogen and oxygen atoms in total. The number of carboxylic acid groups (broad SMARTS) is 1. The molecule has 5 heteroatoms. The average molecular weight is 213 g/mol. The summed E-state index contributed by atoms with van der Waals surface area (Å²) >= 11 is 0.